The zero-order valence-electron chi connectivity index (χ0n) is 17.2. The average molecular weight is 449 g/mol. The van der Waals surface area contributed by atoms with Crippen LogP contribution < -0.4 is 15.0 Å². The van der Waals surface area contributed by atoms with E-state index in [2.05, 4.69) is 5.32 Å². The highest BCUT2D eigenvalue weighted by Gasteiger charge is 2.40. The summed E-state index contributed by atoms with van der Waals surface area (Å²) in [6.45, 7) is 5.20. The molecule has 2 atom stereocenters. The molecule has 3 rings (SSSR count). The predicted molar refractivity (Wildman–Crippen MR) is 119 cm³/mol. The SMILES string of the molecule is CCNCCN1C(=O)C(OC(C)=O)C(c2ccc(OC)cc2)Sc2cc(Cl)ccc21. The Morgan fingerprint density at radius 1 is 1.23 bits per heavy atom. The molecule has 30 heavy (non-hydrogen) atoms. The third kappa shape index (κ3) is 5.09. The van der Waals surface area contributed by atoms with Crippen molar-refractivity contribution in [2.75, 3.05) is 31.6 Å². The standard InChI is InChI=1S/C22H25ClN2O4S/c1-4-24-11-12-25-18-10-7-16(23)13-19(18)30-21(20(22(25)27)29-14(2)26)15-5-8-17(28-3)9-6-15/h5-10,13,20-21,24H,4,11-12H2,1-3H3. The number of esters is 1. The summed E-state index contributed by atoms with van der Waals surface area (Å²) in [7, 11) is 1.60. The fraction of sp³-hybridized carbons (Fsp3) is 0.364. The molecular formula is C22H25ClN2O4S. The first kappa shape index (κ1) is 22.5. The average Bonchev–Trinajstić information content (AvgIpc) is 2.83. The van der Waals surface area contributed by atoms with Crippen LogP contribution in [0.5, 0.6) is 5.75 Å². The number of carbonyl (C=O) groups is 2. The van der Waals surface area contributed by atoms with Crippen molar-refractivity contribution in [3.63, 3.8) is 0 Å². The zero-order valence-corrected chi connectivity index (χ0v) is 18.8. The minimum Gasteiger partial charge on any atom is -0.497 e. The summed E-state index contributed by atoms with van der Waals surface area (Å²) in [5.74, 6) is -0.0379. The fourth-order valence-corrected chi connectivity index (χ4v) is 4.92. The van der Waals surface area contributed by atoms with Crippen molar-refractivity contribution in [2.24, 2.45) is 0 Å². The van der Waals surface area contributed by atoms with Gasteiger partial charge in [0, 0.05) is 29.9 Å². The van der Waals surface area contributed by atoms with Crippen LogP contribution in [0.25, 0.3) is 0 Å². The molecule has 8 heteroatoms. The first-order valence-corrected chi connectivity index (χ1v) is 11.0. The summed E-state index contributed by atoms with van der Waals surface area (Å²) in [5, 5.41) is 3.40. The molecule has 1 amide bonds. The number of amides is 1. The van der Waals surface area contributed by atoms with E-state index in [-0.39, 0.29) is 5.91 Å². The van der Waals surface area contributed by atoms with E-state index in [1.807, 2.05) is 43.3 Å². The number of nitrogens with one attached hydrogen (secondary N) is 1. The molecule has 2 aromatic carbocycles. The maximum Gasteiger partial charge on any atom is 0.303 e. The minimum atomic E-state index is -0.964. The Bertz CT molecular complexity index is 907. The van der Waals surface area contributed by atoms with Gasteiger partial charge in [-0.2, -0.15) is 0 Å². The smallest absolute Gasteiger partial charge is 0.303 e. The first-order valence-electron chi connectivity index (χ1n) is 9.74. The van der Waals surface area contributed by atoms with Crippen molar-refractivity contribution in [3.8, 4) is 5.75 Å². The number of halogens is 1. The number of nitrogens with zero attached hydrogens (tertiary/aromatic N) is 1. The van der Waals surface area contributed by atoms with Gasteiger partial charge in [0.05, 0.1) is 18.0 Å². The Hall–Kier alpha value is -2.22. The summed E-state index contributed by atoms with van der Waals surface area (Å²) in [6, 6.07) is 12.9. The number of methoxy groups -OCH3 is 1. The van der Waals surface area contributed by atoms with E-state index >= 15 is 0 Å². The topological polar surface area (TPSA) is 67.9 Å². The van der Waals surface area contributed by atoms with Gasteiger partial charge in [0.2, 0.25) is 0 Å². The van der Waals surface area contributed by atoms with Crippen LogP contribution in [0, 0.1) is 0 Å². The van der Waals surface area contributed by atoms with E-state index in [0.29, 0.717) is 23.9 Å². The molecule has 0 radical (unpaired) electrons. The number of carbonyl (C=O) groups excluding carboxylic acids is 2. The van der Waals surface area contributed by atoms with Gasteiger partial charge in [-0.25, -0.2) is 0 Å². The molecule has 1 N–H and O–H groups in total. The molecule has 0 aromatic heterocycles. The third-order valence-corrected chi connectivity index (χ3v) is 6.34. The lowest BCUT2D eigenvalue weighted by Gasteiger charge is -2.27. The molecule has 0 aliphatic carbocycles. The lowest BCUT2D eigenvalue weighted by molar-refractivity contribution is -0.152. The summed E-state index contributed by atoms with van der Waals surface area (Å²) >= 11 is 7.73. The van der Waals surface area contributed by atoms with Crippen LogP contribution in [0.3, 0.4) is 0 Å². The first-order chi connectivity index (χ1) is 14.4. The highest BCUT2D eigenvalue weighted by molar-refractivity contribution is 7.99. The third-order valence-electron chi connectivity index (χ3n) is 4.75. The van der Waals surface area contributed by atoms with Gasteiger partial charge >= 0.3 is 5.97 Å². The van der Waals surface area contributed by atoms with Crippen molar-refractivity contribution in [3.05, 3.63) is 53.1 Å². The Morgan fingerprint density at radius 3 is 2.60 bits per heavy atom. The van der Waals surface area contributed by atoms with Crippen molar-refractivity contribution in [1.29, 1.82) is 0 Å². The van der Waals surface area contributed by atoms with Crippen LogP contribution in [0.15, 0.2) is 47.4 Å². The summed E-state index contributed by atoms with van der Waals surface area (Å²) < 4.78 is 10.8. The normalized spacial score (nSPS) is 18.5. The van der Waals surface area contributed by atoms with Gasteiger partial charge in [-0.15, -0.1) is 11.8 Å². The van der Waals surface area contributed by atoms with Crippen LogP contribution in [-0.4, -0.2) is 44.7 Å². The highest BCUT2D eigenvalue weighted by Crippen LogP contribution is 2.47. The van der Waals surface area contributed by atoms with Gasteiger partial charge in [-0.05, 0) is 42.4 Å². The largest absolute Gasteiger partial charge is 0.497 e. The van der Waals surface area contributed by atoms with Gasteiger partial charge in [-0.3, -0.25) is 9.59 Å². The molecule has 1 aliphatic heterocycles. The molecule has 160 valence electrons. The van der Waals surface area contributed by atoms with E-state index in [9.17, 15) is 9.59 Å². The van der Waals surface area contributed by atoms with Crippen molar-refractivity contribution < 1.29 is 19.1 Å². The second-order valence-corrected chi connectivity index (χ2v) is 8.42. The van der Waals surface area contributed by atoms with Crippen LogP contribution in [-0.2, 0) is 14.3 Å². The quantitative estimate of drug-likeness (QED) is 0.508. The Kier molecular flexibility index (Phi) is 7.64. The monoisotopic (exact) mass is 448 g/mol. The molecule has 0 saturated carbocycles. The van der Waals surface area contributed by atoms with Gasteiger partial charge in [0.25, 0.3) is 5.91 Å². The Labute approximate surface area is 185 Å². The number of fused-ring (bicyclic) bond motifs is 1. The number of ether oxygens (including phenoxy) is 2. The van der Waals surface area contributed by atoms with Crippen molar-refractivity contribution in [1.82, 2.24) is 5.32 Å². The molecule has 1 heterocycles. The Morgan fingerprint density at radius 2 is 1.97 bits per heavy atom. The molecule has 1 aliphatic rings. The van der Waals surface area contributed by atoms with Crippen LogP contribution >= 0.6 is 23.4 Å². The highest BCUT2D eigenvalue weighted by atomic mass is 35.5. The zero-order chi connectivity index (χ0) is 21.7. The second-order valence-electron chi connectivity index (χ2n) is 6.80. The molecule has 0 saturated heterocycles. The van der Waals surface area contributed by atoms with Crippen LogP contribution in [0.4, 0.5) is 5.69 Å². The molecule has 0 fully saturated rings. The van der Waals surface area contributed by atoms with E-state index in [4.69, 9.17) is 21.1 Å². The van der Waals surface area contributed by atoms with Gasteiger partial charge in [0.15, 0.2) is 6.10 Å². The Balaban J connectivity index is 2.07. The van der Waals surface area contributed by atoms with E-state index in [1.165, 1.54) is 18.7 Å². The number of rotatable bonds is 7. The molecule has 2 unspecified atom stereocenters. The summed E-state index contributed by atoms with van der Waals surface area (Å²) in [4.78, 5) is 28.0. The lowest BCUT2D eigenvalue weighted by atomic mass is 10.1. The second kappa shape index (κ2) is 10.2. The van der Waals surface area contributed by atoms with Gasteiger partial charge < -0.3 is 19.7 Å². The van der Waals surface area contributed by atoms with Crippen molar-refractivity contribution >= 4 is 40.9 Å². The fourth-order valence-electron chi connectivity index (χ4n) is 3.33. The lowest BCUT2D eigenvalue weighted by Crippen LogP contribution is -2.45. The van der Waals surface area contributed by atoms with Crippen LogP contribution in [0.2, 0.25) is 5.02 Å². The summed E-state index contributed by atoms with van der Waals surface area (Å²) in [6.07, 6.45) is -0.964. The van der Waals surface area contributed by atoms with Gasteiger partial charge in [-0.1, -0.05) is 30.7 Å². The van der Waals surface area contributed by atoms with Crippen molar-refractivity contribution in [2.45, 2.75) is 30.1 Å². The number of thioether (sulfide) groups is 1. The number of likely N-dealkylation sites (N-methyl/N-ethyl adjacent to an activating group) is 1. The maximum atomic E-state index is 13.6. The molecule has 0 bridgehead atoms. The number of hydrogen-bond acceptors (Lipinski definition) is 6. The minimum absolute atomic E-state index is 0.252. The van der Waals surface area contributed by atoms with E-state index in [0.717, 1.165) is 22.7 Å². The van der Waals surface area contributed by atoms with Crippen LogP contribution in [0.1, 0.15) is 24.7 Å². The number of benzene rings is 2. The predicted octanol–water partition coefficient (Wildman–Crippen LogP) is 4.07. The maximum absolute atomic E-state index is 13.6. The van der Waals surface area contributed by atoms with Gasteiger partial charge in [0.1, 0.15) is 5.75 Å². The summed E-state index contributed by atoms with van der Waals surface area (Å²) in [5.41, 5.74) is 1.63. The molecule has 0 spiro atoms. The molecule has 2 aromatic rings. The number of anilines is 1. The van der Waals surface area contributed by atoms with E-state index < -0.39 is 17.3 Å². The number of hydrogen-bond donors (Lipinski definition) is 1. The molecular weight excluding hydrogens is 424 g/mol. The van der Waals surface area contributed by atoms with E-state index in [1.54, 1.807) is 18.1 Å². The molecule has 6 nitrogen and oxygen atoms in total.